The summed E-state index contributed by atoms with van der Waals surface area (Å²) in [6.45, 7) is 9.19. The van der Waals surface area contributed by atoms with Gasteiger partial charge in [0.25, 0.3) is 0 Å². The first kappa shape index (κ1) is 21.2. The van der Waals surface area contributed by atoms with Gasteiger partial charge >= 0.3 is 0 Å². The van der Waals surface area contributed by atoms with Gasteiger partial charge in [-0.2, -0.15) is 5.26 Å². The maximum absolute atomic E-state index is 9.90. The Labute approximate surface area is 184 Å². The van der Waals surface area contributed by atoms with Crippen LogP contribution >= 0.6 is 0 Å². The minimum Gasteiger partial charge on any atom is -0.493 e. The summed E-state index contributed by atoms with van der Waals surface area (Å²) >= 11 is 0. The number of likely N-dealkylation sites (N-methyl/N-ethyl adjacent to an activating group) is 1. The minimum absolute atomic E-state index is 0.695. The van der Waals surface area contributed by atoms with Crippen LogP contribution in [0.3, 0.4) is 0 Å². The van der Waals surface area contributed by atoms with Crippen molar-refractivity contribution >= 4 is 16.6 Å². The number of nitrogens with zero attached hydrogens (tertiary/aromatic N) is 4. The number of ether oxygens (including phenoxy) is 1. The first-order valence-electron chi connectivity index (χ1n) is 11.1. The second-order valence-corrected chi connectivity index (χ2v) is 8.23. The molecule has 162 valence electrons. The predicted octanol–water partition coefficient (Wildman–Crippen LogP) is 3.80. The molecule has 2 aromatic carbocycles. The van der Waals surface area contributed by atoms with Gasteiger partial charge in [0, 0.05) is 56.4 Å². The number of nitriles is 1. The summed E-state index contributed by atoms with van der Waals surface area (Å²) in [5, 5.41) is 10.9. The second kappa shape index (κ2) is 9.42. The smallest absolute Gasteiger partial charge is 0.121 e. The molecule has 2 N–H and O–H groups in total. The molecule has 3 aromatic rings. The molecular formula is C25H31N5O. The lowest BCUT2D eigenvalue weighted by atomic mass is 10.1. The molecule has 1 aliphatic heterocycles. The van der Waals surface area contributed by atoms with Gasteiger partial charge in [-0.25, -0.2) is 0 Å². The number of aryl methyl sites for hydroxylation is 1. The van der Waals surface area contributed by atoms with Crippen LogP contribution in [-0.4, -0.2) is 60.7 Å². The number of anilines is 1. The molecule has 0 unspecified atom stereocenters. The average molecular weight is 418 g/mol. The maximum Gasteiger partial charge on any atom is 0.121 e. The Morgan fingerprint density at radius 3 is 2.48 bits per heavy atom. The van der Waals surface area contributed by atoms with Crippen LogP contribution < -0.4 is 10.5 Å². The van der Waals surface area contributed by atoms with E-state index in [4.69, 9.17) is 10.5 Å². The van der Waals surface area contributed by atoms with Gasteiger partial charge < -0.3 is 24.8 Å². The van der Waals surface area contributed by atoms with E-state index in [0.29, 0.717) is 17.9 Å². The Morgan fingerprint density at radius 1 is 1.06 bits per heavy atom. The van der Waals surface area contributed by atoms with Crippen molar-refractivity contribution in [3.63, 3.8) is 0 Å². The lowest BCUT2D eigenvalue weighted by molar-refractivity contribution is 0.145. The lowest BCUT2D eigenvalue weighted by Crippen LogP contribution is -2.44. The van der Waals surface area contributed by atoms with Crippen LogP contribution in [0.25, 0.3) is 22.2 Å². The first-order chi connectivity index (χ1) is 15.1. The van der Waals surface area contributed by atoms with Crippen molar-refractivity contribution in [2.24, 2.45) is 0 Å². The van der Waals surface area contributed by atoms with Crippen molar-refractivity contribution in [3.8, 4) is 23.1 Å². The SMILES string of the molecule is CCn1c(-c2ccc(N)cc2)c(C#N)c2ccc(OCCCN3CCN(C)CC3)cc21. The molecule has 0 bridgehead atoms. The summed E-state index contributed by atoms with van der Waals surface area (Å²) in [6.07, 6.45) is 1.01. The number of hydrogen-bond acceptors (Lipinski definition) is 5. The van der Waals surface area contributed by atoms with E-state index in [-0.39, 0.29) is 0 Å². The first-order valence-corrected chi connectivity index (χ1v) is 11.1. The number of nitrogens with two attached hydrogens (primary N) is 1. The second-order valence-electron chi connectivity index (χ2n) is 8.23. The van der Waals surface area contributed by atoms with Crippen molar-refractivity contribution < 1.29 is 4.74 Å². The Hall–Kier alpha value is -3.01. The van der Waals surface area contributed by atoms with E-state index >= 15 is 0 Å². The number of benzene rings is 2. The van der Waals surface area contributed by atoms with Crippen molar-refractivity contribution in [3.05, 3.63) is 48.0 Å². The fourth-order valence-electron chi connectivity index (χ4n) is 4.35. The minimum atomic E-state index is 0.695. The van der Waals surface area contributed by atoms with Gasteiger partial charge in [0.2, 0.25) is 0 Å². The summed E-state index contributed by atoms with van der Waals surface area (Å²) in [7, 11) is 2.18. The molecule has 0 spiro atoms. The zero-order chi connectivity index (χ0) is 21.8. The highest BCUT2D eigenvalue weighted by Crippen LogP contribution is 2.35. The molecule has 6 heteroatoms. The molecule has 1 aliphatic rings. The van der Waals surface area contributed by atoms with Crippen molar-refractivity contribution in [2.75, 3.05) is 52.1 Å². The number of hydrogen-bond donors (Lipinski definition) is 1. The third-order valence-electron chi connectivity index (χ3n) is 6.13. The Balaban J connectivity index is 1.52. The predicted molar refractivity (Wildman–Crippen MR) is 126 cm³/mol. The van der Waals surface area contributed by atoms with Gasteiger partial charge in [-0.1, -0.05) is 12.1 Å². The molecule has 0 saturated carbocycles. The van der Waals surface area contributed by atoms with Crippen LogP contribution in [0, 0.1) is 11.3 Å². The molecular weight excluding hydrogens is 386 g/mol. The van der Waals surface area contributed by atoms with Crippen molar-refractivity contribution in [1.29, 1.82) is 5.26 Å². The zero-order valence-electron chi connectivity index (χ0n) is 18.5. The zero-order valence-corrected chi connectivity index (χ0v) is 18.5. The summed E-state index contributed by atoms with van der Waals surface area (Å²) in [5.74, 6) is 0.853. The number of nitrogen functional groups attached to an aromatic ring is 1. The largest absolute Gasteiger partial charge is 0.493 e. The fraction of sp³-hybridized carbons (Fsp3) is 0.400. The highest BCUT2D eigenvalue weighted by molar-refractivity contribution is 5.95. The number of rotatable bonds is 7. The molecule has 0 atom stereocenters. The van der Waals surface area contributed by atoms with Crippen molar-refractivity contribution in [1.82, 2.24) is 14.4 Å². The molecule has 6 nitrogen and oxygen atoms in total. The van der Waals surface area contributed by atoms with Crippen LogP contribution in [0.1, 0.15) is 18.9 Å². The summed E-state index contributed by atoms with van der Waals surface area (Å²) in [5.41, 5.74) is 10.2. The van der Waals surface area contributed by atoms with Crippen LogP contribution in [0.4, 0.5) is 5.69 Å². The highest BCUT2D eigenvalue weighted by atomic mass is 16.5. The van der Waals surface area contributed by atoms with Crippen LogP contribution in [0.15, 0.2) is 42.5 Å². The number of aromatic nitrogens is 1. The molecule has 0 radical (unpaired) electrons. The van der Waals surface area contributed by atoms with E-state index in [2.05, 4.69) is 40.5 Å². The standard InChI is InChI=1S/C25H31N5O/c1-3-30-24-17-21(31-16-4-11-29-14-12-28(2)13-15-29)9-10-22(24)23(18-26)25(30)19-5-7-20(27)8-6-19/h5-10,17H,3-4,11-16,27H2,1-2H3. The normalized spacial score (nSPS) is 15.3. The molecule has 31 heavy (non-hydrogen) atoms. The quantitative estimate of drug-likeness (QED) is 0.468. The van der Waals surface area contributed by atoms with E-state index in [1.54, 1.807) is 0 Å². The molecule has 1 aromatic heterocycles. The fourth-order valence-corrected chi connectivity index (χ4v) is 4.35. The summed E-state index contributed by atoms with van der Waals surface area (Å²) in [6, 6.07) is 16.2. The Bertz CT molecular complexity index is 1070. The average Bonchev–Trinajstić information content (AvgIpc) is 3.11. The summed E-state index contributed by atoms with van der Waals surface area (Å²) in [4.78, 5) is 4.88. The Kier molecular flexibility index (Phi) is 6.45. The van der Waals surface area contributed by atoms with Gasteiger partial charge in [0.1, 0.15) is 11.8 Å². The van der Waals surface area contributed by atoms with Gasteiger partial charge in [-0.15, -0.1) is 0 Å². The number of fused-ring (bicyclic) bond motifs is 1. The third-order valence-corrected chi connectivity index (χ3v) is 6.13. The van der Waals surface area contributed by atoms with E-state index in [1.807, 2.05) is 36.4 Å². The summed E-state index contributed by atoms with van der Waals surface area (Å²) < 4.78 is 8.27. The van der Waals surface area contributed by atoms with Gasteiger partial charge in [0.15, 0.2) is 0 Å². The molecule has 1 saturated heterocycles. The highest BCUT2D eigenvalue weighted by Gasteiger charge is 2.18. The van der Waals surface area contributed by atoms with Gasteiger partial charge in [-0.05, 0) is 50.2 Å². The molecule has 2 heterocycles. The molecule has 0 aliphatic carbocycles. The van der Waals surface area contributed by atoms with Crippen LogP contribution in [0.5, 0.6) is 5.75 Å². The number of piperazine rings is 1. The molecule has 4 rings (SSSR count). The van der Waals surface area contributed by atoms with Crippen LogP contribution in [0.2, 0.25) is 0 Å². The van der Waals surface area contributed by atoms with E-state index in [9.17, 15) is 5.26 Å². The lowest BCUT2D eigenvalue weighted by Gasteiger charge is -2.32. The maximum atomic E-state index is 9.90. The van der Waals surface area contributed by atoms with E-state index < -0.39 is 0 Å². The van der Waals surface area contributed by atoms with Crippen LogP contribution in [-0.2, 0) is 6.54 Å². The van der Waals surface area contributed by atoms with E-state index in [1.165, 1.54) is 0 Å². The monoisotopic (exact) mass is 417 g/mol. The van der Waals surface area contributed by atoms with Gasteiger partial charge in [0.05, 0.1) is 23.4 Å². The van der Waals surface area contributed by atoms with E-state index in [0.717, 1.165) is 73.6 Å². The third kappa shape index (κ3) is 4.53. The molecule has 0 amide bonds. The Morgan fingerprint density at radius 2 is 1.81 bits per heavy atom. The van der Waals surface area contributed by atoms with Gasteiger partial charge in [-0.3, -0.25) is 0 Å². The van der Waals surface area contributed by atoms with Crippen molar-refractivity contribution in [2.45, 2.75) is 19.9 Å². The molecule has 1 fully saturated rings. The topological polar surface area (TPSA) is 70.4 Å².